The first-order valence-electron chi connectivity index (χ1n) is 8.93. The number of para-hydroxylation sites is 1. The highest BCUT2D eigenvalue weighted by atomic mass is 16.2. The van der Waals surface area contributed by atoms with E-state index in [1.807, 2.05) is 6.07 Å². The van der Waals surface area contributed by atoms with Gasteiger partial charge in [0.1, 0.15) is 6.07 Å². The van der Waals surface area contributed by atoms with Gasteiger partial charge in [-0.2, -0.15) is 5.26 Å². The molecule has 5 nitrogen and oxygen atoms in total. The van der Waals surface area contributed by atoms with Gasteiger partial charge in [-0.15, -0.1) is 0 Å². The van der Waals surface area contributed by atoms with Crippen molar-refractivity contribution in [2.24, 2.45) is 0 Å². The van der Waals surface area contributed by atoms with Gasteiger partial charge in [-0.1, -0.05) is 42.0 Å². The Kier molecular flexibility index (Phi) is 6.00. The molecule has 1 saturated heterocycles. The summed E-state index contributed by atoms with van der Waals surface area (Å²) >= 11 is 0. The number of nitrogens with zero attached hydrogens (tertiary/aromatic N) is 3. The van der Waals surface area contributed by atoms with Crippen molar-refractivity contribution in [1.82, 2.24) is 9.80 Å². The fourth-order valence-corrected chi connectivity index (χ4v) is 3.26. The first kappa shape index (κ1) is 18.1. The van der Waals surface area contributed by atoms with E-state index in [4.69, 9.17) is 5.26 Å². The molecule has 1 aliphatic heterocycles. The van der Waals surface area contributed by atoms with Crippen LogP contribution in [0.3, 0.4) is 0 Å². The molecule has 5 heteroatoms. The Balaban J connectivity index is 1.46. The Labute approximate surface area is 154 Å². The maximum absolute atomic E-state index is 12.3. The van der Waals surface area contributed by atoms with Gasteiger partial charge >= 0.3 is 0 Å². The number of piperazine rings is 1. The standard InChI is InChI=1S/C21H24N4O/c1-17-5-4-6-18(13-17)15-24-9-11-25(12-10-24)16-21(26)23-20-8-3-2-7-19(20)14-22/h2-8,13H,9-12,15-16H2,1H3,(H,23,26). The largest absolute Gasteiger partial charge is 0.324 e. The Bertz CT molecular complexity index is 804. The molecule has 0 saturated carbocycles. The van der Waals surface area contributed by atoms with Gasteiger partial charge in [-0.05, 0) is 24.6 Å². The summed E-state index contributed by atoms with van der Waals surface area (Å²) in [7, 11) is 0. The molecule has 134 valence electrons. The van der Waals surface area contributed by atoms with Crippen LogP contribution in [-0.4, -0.2) is 48.4 Å². The number of carbonyl (C=O) groups is 1. The van der Waals surface area contributed by atoms with Crippen molar-refractivity contribution in [3.05, 3.63) is 65.2 Å². The third-order valence-electron chi connectivity index (χ3n) is 4.64. The van der Waals surface area contributed by atoms with E-state index < -0.39 is 0 Å². The molecule has 1 N–H and O–H groups in total. The van der Waals surface area contributed by atoms with Gasteiger partial charge in [0.2, 0.25) is 5.91 Å². The monoisotopic (exact) mass is 348 g/mol. The number of benzene rings is 2. The predicted molar refractivity (Wildman–Crippen MR) is 103 cm³/mol. The third kappa shape index (κ3) is 4.92. The molecule has 2 aromatic carbocycles. The van der Waals surface area contributed by atoms with Gasteiger partial charge in [0.05, 0.1) is 17.8 Å². The van der Waals surface area contributed by atoms with Crippen LogP contribution < -0.4 is 5.32 Å². The first-order valence-corrected chi connectivity index (χ1v) is 8.93. The molecule has 26 heavy (non-hydrogen) atoms. The van der Waals surface area contributed by atoms with E-state index in [2.05, 4.69) is 52.4 Å². The number of nitriles is 1. The number of carbonyl (C=O) groups excluding carboxylic acids is 1. The zero-order valence-electron chi connectivity index (χ0n) is 15.1. The predicted octanol–water partition coefficient (Wildman–Crippen LogP) is 2.62. The van der Waals surface area contributed by atoms with Gasteiger partial charge in [-0.3, -0.25) is 14.6 Å². The molecule has 0 spiro atoms. The number of aryl methyl sites for hydroxylation is 1. The molecule has 1 amide bonds. The summed E-state index contributed by atoms with van der Waals surface area (Å²) in [6, 6.07) is 17.8. The summed E-state index contributed by atoms with van der Waals surface area (Å²) in [6.07, 6.45) is 0. The van der Waals surface area contributed by atoms with E-state index in [-0.39, 0.29) is 5.91 Å². The molecule has 0 aromatic heterocycles. The molecule has 1 fully saturated rings. The van der Waals surface area contributed by atoms with Crippen LogP contribution in [0.25, 0.3) is 0 Å². The zero-order chi connectivity index (χ0) is 18.4. The summed E-state index contributed by atoms with van der Waals surface area (Å²) in [6.45, 7) is 7.09. The van der Waals surface area contributed by atoms with Gasteiger partial charge in [0.25, 0.3) is 0 Å². The highest BCUT2D eigenvalue weighted by Crippen LogP contribution is 2.14. The highest BCUT2D eigenvalue weighted by Gasteiger charge is 2.19. The molecule has 0 unspecified atom stereocenters. The molecule has 0 atom stereocenters. The summed E-state index contributed by atoms with van der Waals surface area (Å²) in [5, 5.41) is 12.0. The number of rotatable bonds is 5. The van der Waals surface area contributed by atoms with Crippen molar-refractivity contribution in [3.63, 3.8) is 0 Å². The van der Waals surface area contributed by atoms with Crippen LogP contribution >= 0.6 is 0 Å². The minimum atomic E-state index is -0.0696. The summed E-state index contributed by atoms with van der Waals surface area (Å²) in [5.74, 6) is -0.0696. The summed E-state index contributed by atoms with van der Waals surface area (Å²) in [4.78, 5) is 16.9. The van der Waals surface area contributed by atoms with Gasteiger partial charge < -0.3 is 5.32 Å². The number of nitrogens with one attached hydrogen (secondary N) is 1. The van der Waals surface area contributed by atoms with Crippen LogP contribution in [0.5, 0.6) is 0 Å². The maximum Gasteiger partial charge on any atom is 0.238 e. The molecule has 1 heterocycles. The molecule has 0 bridgehead atoms. The quantitative estimate of drug-likeness (QED) is 0.902. The minimum Gasteiger partial charge on any atom is -0.324 e. The van der Waals surface area contributed by atoms with Crippen molar-refractivity contribution < 1.29 is 4.79 Å². The van der Waals surface area contributed by atoms with E-state index in [9.17, 15) is 4.79 Å². The van der Waals surface area contributed by atoms with Crippen molar-refractivity contribution in [1.29, 1.82) is 5.26 Å². The second-order valence-corrected chi connectivity index (χ2v) is 6.75. The van der Waals surface area contributed by atoms with Crippen molar-refractivity contribution >= 4 is 11.6 Å². The molecule has 2 aromatic rings. The molecular formula is C21H24N4O. The average molecular weight is 348 g/mol. The van der Waals surface area contributed by atoms with Gasteiger partial charge in [-0.25, -0.2) is 0 Å². The van der Waals surface area contributed by atoms with Crippen LogP contribution in [-0.2, 0) is 11.3 Å². The summed E-state index contributed by atoms with van der Waals surface area (Å²) < 4.78 is 0. The number of hydrogen-bond acceptors (Lipinski definition) is 4. The molecular weight excluding hydrogens is 324 g/mol. The average Bonchev–Trinajstić information content (AvgIpc) is 2.64. The van der Waals surface area contributed by atoms with Crippen LogP contribution in [0.1, 0.15) is 16.7 Å². The Morgan fingerprint density at radius 3 is 2.54 bits per heavy atom. The smallest absolute Gasteiger partial charge is 0.238 e. The summed E-state index contributed by atoms with van der Waals surface area (Å²) in [5.41, 5.74) is 3.70. The topological polar surface area (TPSA) is 59.4 Å². The second kappa shape index (κ2) is 8.61. The number of anilines is 1. The lowest BCUT2D eigenvalue weighted by atomic mass is 10.1. The van der Waals surface area contributed by atoms with Crippen LogP contribution in [0.4, 0.5) is 5.69 Å². The van der Waals surface area contributed by atoms with Crippen molar-refractivity contribution in [3.8, 4) is 6.07 Å². The fraction of sp³-hybridized carbons (Fsp3) is 0.333. The third-order valence-corrected chi connectivity index (χ3v) is 4.64. The normalized spacial score (nSPS) is 15.4. The molecule has 3 rings (SSSR count). The van der Waals surface area contributed by atoms with E-state index >= 15 is 0 Å². The number of amides is 1. The van der Waals surface area contributed by atoms with E-state index in [1.54, 1.807) is 18.2 Å². The molecule has 0 aliphatic carbocycles. The Morgan fingerprint density at radius 2 is 1.81 bits per heavy atom. The van der Waals surface area contributed by atoms with Crippen LogP contribution in [0.2, 0.25) is 0 Å². The lowest BCUT2D eigenvalue weighted by molar-refractivity contribution is -0.117. The SMILES string of the molecule is Cc1cccc(CN2CCN(CC(=O)Nc3ccccc3C#N)CC2)c1. The van der Waals surface area contributed by atoms with Crippen molar-refractivity contribution in [2.45, 2.75) is 13.5 Å². The van der Waals surface area contributed by atoms with Crippen LogP contribution in [0.15, 0.2) is 48.5 Å². The Hall–Kier alpha value is -2.68. The first-order chi connectivity index (χ1) is 12.6. The fourth-order valence-electron chi connectivity index (χ4n) is 3.26. The van der Waals surface area contributed by atoms with Crippen molar-refractivity contribution in [2.75, 3.05) is 38.0 Å². The van der Waals surface area contributed by atoms with Crippen LogP contribution in [0, 0.1) is 18.3 Å². The van der Waals surface area contributed by atoms with Gasteiger partial charge in [0.15, 0.2) is 0 Å². The lowest BCUT2D eigenvalue weighted by Gasteiger charge is -2.34. The van der Waals surface area contributed by atoms with E-state index in [1.165, 1.54) is 11.1 Å². The van der Waals surface area contributed by atoms with Gasteiger partial charge in [0, 0.05) is 32.7 Å². The number of hydrogen-bond donors (Lipinski definition) is 1. The minimum absolute atomic E-state index is 0.0696. The lowest BCUT2D eigenvalue weighted by Crippen LogP contribution is -2.48. The van der Waals surface area contributed by atoms with E-state index in [0.717, 1.165) is 32.7 Å². The van der Waals surface area contributed by atoms with E-state index in [0.29, 0.717) is 17.8 Å². The zero-order valence-corrected chi connectivity index (χ0v) is 15.1. The highest BCUT2D eigenvalue weighted by molar-refractivity contribution is 5.93. The molecule has 1 aliphatic rings. The maximum atomic E-state index is 12.3. The molecule has 0 radical (unpaired) electrons. The second-order valence-electron chi connectivity index (χ2n) is 6.75. The Morgan fingerprint density at radius 1 is 1.08 bits per heavy atom.